The number of nitrogens with one attached hydrogen (secondary N) is 1. The Morgan fingerprint density at radius 3 is 2.62 bits per heavy atom. The minimum Gasteiger partial charge on any atom is -0.476 e. The molecule has 2 aromatic rings. The Kier molecular flexibility index (Phi) is 4.46. The molecule has 0 aromatic carbocycles. The lowest BCUT2D eigenvalue weighted by molar-refractivity contribution is -0.130. The molecule has 1 saturated carbocycles. The van der Waals surface area contributed by atoms with E-state index in [0.29, 0.717) is 15.7 Å². The largest absolute Gasteiger partial charge is 0.476 e. The summed E-state index contributed by atoms with van der Waals surface area (Å²) < 4.78 is 0. The van der Waals surface area contributed by atoms with Crippen molar-refractivity contribution in [3.63, 3.8) is 0 Å². The third kappa shape index (κ3) is 3.68. The van der Waals surface area contributed by atoms with Crippen LogP contribution in [0.4, 0.5) is 0 Å². The fraction of sp³-hybridized carbons (Fsp3) is 0.400. The van der Waals surface area contributed by atoms with Crippen LogP contribution in [0.25, 0.3) is 10.7 Å². The van der Waals surface area contributed by atoms with Gasteiger partial charge in [0.15, 0.2) is 5.69 Å². The van der Waals surface area contributed by atoms with Gasteiger partial charge in [0.05, 0.1) is 13.0 Å². The first kappa shape index (κ1) is 16.7. The second kappa shape index (κ2) is 6.40. The topological polar surface area (TPSA) is 109 Å². The SMILES string of the molecule is CC1(C(=O)CC(=O)NCc2nc(-c3nc(C(=O)O)cs3)cs2)CC1. The lowest BCUT2D eigenvalue weighted by Gasteiger charge is -2.06. The summed E-state index contributed by atoms with van der Waals surface area (Å²) in [6.07, 6.45) is 1.63. The molecule has 0 aliphatic heterocycles. The Balaban J connectivity index is 1.55. The second-order valence-electron chi connectivity index (χ2n) is 5.91. The number of carbonyl (C=O) groups excluding carboxylic acids is 2. The molecule has 126 valence electrons. The minimum absolute atomic E-state index is 0.00932. The van der Waals surface area contributed by atoms with Crippen molar-refractivity contribution in [1.82, 2.24) is 15.3 Å². The summed E-state index contributed by atoms with van der Waals surface area (Å²) in [6, 6.07) is 0. The zero-order valence-corrected chi connectivity index (χ0v) is 14.5. The molecule has 1 amide bonds. The Hall–Kier alpha value is -2.13. The van der Waals surface area contributed by atoms with E-state index < -0.39 is 5.97 Å². The summed E-state index contributed by atoms with van der Waals surface area (Å²) in [5, 5.41) is 16.0. The number of carboxylic acids is 1. The van der Waals surface area contributed by atoms with Gasteiger partial charge in [-0.15, -0.1) is 22.7 Å². The molecule has 0 saturated heterocycles. The molecular weight excluding hydrogens is 350 g/mol. The van der Waals surface area contributed by atoms with Crippen LogP contribution in [-0.2, 0) is 16.1 Å². The lowest BCUT2D eigenvalue weighted by atomic mass is 10.0. The quantitative estimate of drug-likeness (QED) is 0.729. The van der Waals surface area contributed by atoms with Crippen LogP contribution < -0.4 is 5.32 Å². The Labute approximate surface area is 145 Å². The Morgan fingerprint density at radius 1 is 1.25 bits per heavy atom. The summed E-state index contributed by atoms with van der Waals surface area (Å²) in [5.74, 6) is -1.38. The first-order valence-electron chi connectivity index (χ1n) is 7.31. The van der Waals surface area contributed by atoms with Gasteiger partial charge in [-0.05, 0) is 12.8 Å². The standard InChI is InChI=1S/C15H15N3O4S2/c1-15(2-3-15)10(19)4-11(20)16-5-12-17-8(6-23-12)13-18-9(7-24-13)14(21)22/h6-7H,2-5H2,1H3,(H,16,20)(H,21,22). The van der Waals surface area contributed by atoms with Crippen LogP contribution >= 0.6 is 22.7 Å². The van der Waals surface area contributed by atoms with Crippen molar-refractivity contribution >= 4 is 40.3 Å². The highest BCUT2D eigenvalue weighted by Gasteiger charge is 2.44. The van der Waals surface area contributed by atoms with E-state index in [1.165, 1.54) is 28.1 Å². The summed E-state index contributed by atoms with van der Waals surface area (Å²) in [6.45, 7) is 2.12. The molecule has 0 unspecified atom stereocenters. The zero-order valence-electron chi connectivity index (χ0n) is 12.9. The number of amides is 1. The van der Waals surface area contributed by atoms with Gasteiger partial charge in [0.1, 0.15) is 21.5 Å². The zero-order chi connectivity index (χ0) is 17.3. The molecule has 1 aliphatic carbocycles. The number of rotatable bonds is 7. The molecule has 0 radical (unpaired) electrons. The van der Waals surface area contributed by atoms with Crippen molar-refractivity contribution in [3.8, 4) is 10.7 Å². The van der Waals surface area contributed by atoms with Crippen LogP contribution in [0.3, 0.4) is 0 Å². The van der Waals surface area contributed by atoms with Gasteiger partial charge in [0.2, 0.25) is 5.91 Å². The van der Waals surface area contributed by atoms with Crippen LogP contribution in [0.1, 0.15) is 41.7 Å². The average Bonchev–Trinajstić information content (AvgIpc) is 2.96. The van der Waals surface area contributed by atoms with Crippen molar-refractivity contribution in [3.05, 3.63) is 21.5 Å². The van der Waals surface area contributed by atoms with Gasteiger partial charge >= 0.3 is 5.97 Å². The molecule has 2 aromatic heterocycles. The molecular formula is C15H15N3O4S2. The number of hydrogen-bond acceptors (Lipinski definition) is 7. The molecule has 3 rings (SSSR count). The van der Waals surface area contributed by atoms with Crippen LogP contribution in [0, 0.1) is 5.41 Å². The fourth-order valence-electron chi connectivity index (χ4n) is 2.04. The molecule has 2 heterocycles. The predicted octanol–water partition coefficient (Wildman–Crippen LogP) is 2.34. The van der Waals surface area contributed by atoms with Gasteiger partial charge in [0.25, 0.3) is 0 Å². The number of thiazole rings is 2. The van der Waals surface area contributed by atoms with Gasteiger partial charge < -0.3 is 10.4 Å². The second-order valence-corrected chi connectivity index (χ2v) is 7.71. The molecule has 7 nitrogen and oxygen atoms in total. The van der Waals surface area contributed by atoms with Crippen molar-refractivity contribution < 1.29 is 19.5 Å². The average molecular weight is 365 g/mol. The van der Waals surface area contributed by atoms with E-state index >= 15 is 0 Å². The van der Waals surface area contributed by atoms with Gasteiger partial charge in [-0.1, -0.05) is 6.92 Å². The first-order valence-corrected chi connectivity index (χ1v) is 9.07. The van der Waals surface area contributed by atoms with Gasteiger partial charge in [-0.2, -0.15) is 0 Å². The summed E-state index contributed by atoms with van der Waals surface area (Å²) >= 11 is 2.56. The fourth-order valence-corrected chi connectivity index (χ4v) is 3.59. The Bertz CT molecular complexity index is 807. The number of aromatic nitrogens is 2. The van der Waals surface area contributed by atoms with Crippen molar-refractivity contribution in [2.24, 2.45) is 5.41 Å². The molecule has 1 fully saturated rings. The van der Waals surface area contributed by atoms with Crippen LogP contribution in [0.5, 0.6) is 0 Å². The highest BCUT2D eigenvalue weighted by Crippen LogP contribution is 2.46. The van der Waals surface area contributed by atoms with Crippen LogP contribution in [0.2, 0.25) is 0 Å². The van der Waals surface area contributed by atoms with E-state index in [1.54, 1.807) is 5.38 Å². The molecule has 1 aliphatic rings. The molecule has 0 atom stereocenters. The Morgan fingerprint density at radius 2 is 2.00 bits per heavy atom. The molecule has 24 heavy (non-hydrogen) atoms. The summed E-state index contributed by atoms with van der Waals surface area (Å²) in [5.41, 5.74) is 0.284. The van der Waals surface area contributed by atoms with Crippen molar-refractivity contribution in [2.45, 2.75) is 32.7 Å². The molecule has 0 bridgehead atoms. The van der Waals surface area contributed by atoms with Crippen molar-refractivity contribution in [1.29, 1.82) is 0 Å². The van der Waals surface area contributed by atoms with E-state index in [2.05, 4.69) is 15.3 Å². The molecule has 0 spiro atoms. The normalized spacial score (nSPS) is 15.0. The molecule has 9 heteroatoms. The smallest absolute Gasteiger partial charge is 0.355 e. The van der Waals surface area contributed by atoms with Crippen molar-refractivity contribution in [2.75, 3.05) is 0 Å². The highest BCUT2D eigenvalue weighted by molar-refractivity contribution is 7.14. The first-order chi connectivity index (χ1) is 11.4. The predicted molar refractivity (Wildman–Crippen MR) is 89.0 cm³/mol. The van der Waals surface area contributed by atoms with Crippen LogP contribution in [0.15, 0.2) is 10.8 Å². The summed E-state index contributed by atoms with van der Waals surface area (Å²) in [4.78, 5) is 42.9. The van der Waals surface area contributed by atoms with E-state index in [-0.39, 0.29) is 35.8 Å². The number of carbonyl (C=O) groups is 3. The van der Waals surface area contributed by atoms with Gasteiger partial charge in [-0.3, -0.25) is 9.59 Å². The maximum Gasteiger partial charge on any atom is 0.355 e. The van der Waals surface area contributed by atoms with E-state index in [1.807, 2.05) is 6.92 Å². The molecule has 2 N–H and O–H groups in total. The number of Topliss-reactive ketones (excluding diaryl/α,β-unsaturated/α-hetero) is 1. The minimum atomic E-state index is -1.07. The maximum atomic E-state index is 11.9. The van der Waals surface area contributed by atoms with Gasteiger partial charge in [0, 0.05) is 16.2 Å². The van der Waals surface area contributed by atoms with Gasteiger partial charge in [-0.25, -0.2) is 14.8 Å². The number of carboxylic acid groups (broad SMARTS) is 1. The lowest BCUT2D eigenvalue weighted by Crippen LogP contribution is -2.27. The highest BCUT2D eigenvalue weighted by atomic mass is 32.1. The number of ketones is 1. The van der Waals surface area contributed by atoms with E-state index in [4.69, 9.17) is 5.11 Å². The maximum absolute atomic E-state index is 11.9. The third-order valence-corrected chi connectivity index (χ3v) is 5.64. The summed E-state index contributed by atoms with van der Waals surface area (Å²) in [7, 11) is 0. The van der Waals surface area contributed by atoms with E-state index in [0.717, 1.165) is 12.8 Å². The van der Waals surface area contributed by atoms with Crippen LogP contribution in [-0.4, -0.2) is 32.7 Å². The van der Waals surface area contributed by atoms with E-state index in [9.17, 15) is 14.4 Å². The number of hydrogen-bond donors (Lipinski definition) is 2. The number of nitrogens with zero attached hydrogens (tertiary/aromatic N) is 2. The number of aromatic carboxylic acids is 1. The third-order valence-electron chi connectivity index (χ3n) is 3.93. The monoisotopic (exact) mass is 365 g/mol.